The van der Waals surface area contributed by atoms with E-state index in [1.165, 1.54) is 10.6 Å². The Labute approximate surface area is 150 Å². The summed E-state index contributed by atoms with van der Waals surface area (Å²) < 4.78 is 41.6. The van der Waals surface area contributed by atoms with Crippen LogP contribution in [0.3, 0.4) is 0 Å². The van der Waals surface area contributed by atoms with Gasteiger partial charge in [0.1, 0.15) is 11.6 Å². The van der Waals surface area contributed by atoms with Crippen molar-refractivity contribution in [1.29, 1.82) is 0 Å². The molecule has 2 heterocycles. The summed E-state index contributed by atoms with van der Waals surface area (Å²) >= 11 is 0. The van der Waals surface area contributed by atoms with Crippen molar-refractivity contribution >= 4 is 10.0 Å². The highest BCUT2D eigenvalue weighted by Crippen LogP contribution is 2.33. The van der Waals surface area contributed by atoms with Crippen molar-refractivity contribution in [3.05, 3.63) is 46.4 Å². The Balaban J connectivity index is 1.48. The third kappa shape index (κ3) is 3.21. The maximum absolute atomic E-state index is 14.1. The molecule has 0 unspecified atom stereocenters. The number of aromatic nitrogens is 3. The van der Waals surface area contributed by atoms with Crippen LogP contribution in [-0.2, 0) is 16.4 Å². The zero-order valence-corrected chi connectivity index (χ0v) is 15.1. The average molecular weight is 380 g/mol. The molecule has 0 radical (unpaired) electrons. The molecule has 0 amide bonds. The third-order valence-corrected chi connectivity index (χ3v) is 7.58. The summed E-state index contributed by atoms with van der Waals surface area (Å²) in [5, 5.41) is 6.27. The highest BCUT2D eigenvalue weighted by molar-refractivity contribution is 7.90. The first-order valence-corrected chi connectivity index (χ1v) is 10.4. The number of hydrogen-bond acceptors (Lipinski definition) is 4. The van der Waals surface area contributed by atoms with Crippen LogP contribution in [0.15, 0.2) is 29.1 Å². The average Bonchev–Trinajstić information content (AvgIpc) is 3.42. The molecule has 1 aromatic carbocycles. The van der Waals surface area contributed by atoms with Crippen LogP contribution in [0.25, 0.3) is 5.69 Å². The molecule has 2 aromatic rings. The molecule has 1 saturated heterocycles. The lowest BCUT2D eigenvalue weighted by Crippen LogP contribution is -2.40. The first-order valence-electron chi connectivity index (χ1n) is 8.87. The lowest BCUT2D eigenvalue weighted by molar-refractivity contribution is 0.269. The van der Waals surface area contributed by atoms with Gasteiger partial charge >= 0.3 is 5.69 Å². The number of aromatic amines is 1. The summed E-state index contributed by atoms with van der Waals surface area (Å²) in [6.07, 6.45) is 3.47. The first kappa shape index (κ1) is 17.4. The van der Waals surface area contributed by atoms with Gasteiger partial charge in [0.05, 0.1) is 10.9 Å². The topological polar surface area (TPSA) is 88.1 Å². The van der Waals surface area contributed by atoms with Crippen LogP contribution >= 0.6 is 0 Å². The van der Waals surface area contributed by atoms with Crippen LogP contribution < -0.4 is 5.69 Å². The van der Waals surface area contributed by atoms with E-state index in [-0.39, 0.29) is 16.9 Å². The molecule has 1 saturated carbocycles. The van der Waals surface area contributed by atoms with Gasteiger partial charge in [-0.25, -0.2) is 31.6 Å². The highest BCUT2D eigenvalue weighted by Gasteiger charge is 2.41. The SMILES string of the molecule is O=c1[nH]nc(CC2CCN(S(=O)(=O)C3CC3)CC2)n1-c1ccccc1F. The number of para-hydroxylation sites is 1. The molecule has 140 valence electrons. The van der Waals surface area contributed by atoms with Gasteiger partial charge in [-0.05, 0) is 43.7 Å². The van der Waals surface area contributed by atoms with Gasteiger partial charge in [0.2, 0.25) is 10.0 Å². The van der Waals surface area contributed by atoms with E-state index < -0.39 is 21.5 Å². The lowest BCUT2D eigenvalue weighted by Gasteiger charge is -2.31. The van der Waals surface area contributed by atoms with Crippen LogP contribution in [0.2, 0.25) is 0 Å². The number of H-pyrrole nitrogens is 1. The van der Waals surface area contributed by atoms with Crippen LogP contribution in [0, 0.1) is 11.7 Å². The molecule has 1 aliphatic heterocycles. The van der Waals surface area contributed by atoms with E-state index in [2.05, 4.69) is 10.2 Å². The standard InChI is InChI=1S/C17H21FN4O3S/c18-14-3-1-2-4-15(14)22-16(19-20-17(22)23)11-12-7-9-21(10-8-12)26(24,25)13-5-6-13/h1-4,12-13H,5-11H2,(H,20,23). The van der Waals surface area contributed by atoms with Crippen molar-refractivity contribution < 1.29 is 12.8 Å². The molecular weight excluding hydrogens is 359 g/mol. The zero-order valence-electron chi connectivity index (χ0n) is 14.3. The summed E-state index contributed by atoms with van der Waals surface area (Å²) in [7, 11) is -3.13. The second-order valence-electron chi connectivity index (χ2n) is 7.02. The van der Waals surface area contributed by atoms with E-state index in [9.17, 15) is 17.6 Å². The fraction of sp³-hybridized carbons (Fsp3) is 0.529. The van der Waals surface area contributed by atoms with Crippen LogP contribution in [0.5, 0.6) is 0 Å². The third-order valence-electron chi connectivity index (χ3n) is 5.19. The van der Waals surface area contributed by atoms with Gasteiger partial charge in [0.25, 0.3) is 0 Å². The van der Waals surface area contributed by atoms with Gasteiger partial charge in [0.15, 0.2) is 0 Å². The lowest BCUT2D eigenvalue weighted by atomic mass is 9.94. The minimum Gasteiger partial charge on any atom is -0.246 e. The molecule has 1 N–H and O–H groups in total. The van der Waals surface area contributed by atoms with Gasteiger partial charge in [-0.1, -0.05) is 12.1 Å². The van der Waals surface area contributed by atoms with E-state index in [1.54, 1.807) is 22.5 Å². The fourth-order valence-electron chi connectivity index (χ4n) is 3.55. The monoisotopic (exact) mass is 380 g/mol. The number of nitrogens with zero attached hydrogens (tertiary/aromatic N) is 3. The highest BCUT2D eigenvalue weighted by atomic mass is 32.2. The maximum atomic E-state index is 14.1. The van der Waals surface area contributed by atoms with E-state index in [1.807, 2.05) is 0 Å². The van der Waals surface area contributed by atoms with Gasteiger partial charge in [-0.15, -0.1) is 0 Å². The van der Waals surface area contributed by atoms with E-state index >= 15 is 0 Å². The zero-order chi connectivity index (χ0) is 18.3. The van der Waals surface area contributed by atoms with Crippen LogP contribution in [-0.4, -0.2) is 45.8 Å². The normalized spacial score (nSPS) is 19.7. The number of rotatable bonds is 5. The second-order valence-corrected chi connectivity index (χ2v) is 9.24. The van der Waals surface area contributed by atoms with Crippen molar-refractivity contribution in [2.45, 2.75) is 37.4 Å². The largest absolute Gasteiger partial charge is 0.348 e. The van der Waals surface area contributed by atoms with Crippen molar-refractivity contribution in [2.75, 3.05) is 13.1 Å². The van der Waals surface area contributed by atoms with Crippen molar-refractivity contribution in [3.63, 3.8) is 0 Å². The Kier molecular flexibility index (Phi) is 4.44. The van der Waals surface area contributed by atoms with Gasteiger partial charge in [-0.3, -0.25) is 0 Å². The Bertz CT molecular complexity index is 956. The molecule has 1 aromatic heterocycles. The molecule has 0 spiro atoms. The van der Waals surface area contributed by atoms with E-state index in [0.717, 1.165) is 12.8 Å². The number of hydrogen-bond donors (Lipinski definition) is 1. The molecule has 9 heteroatoms. The number of piperidine rings is 1. The Morgan fingerprint density at radius 3 is 2.50 bits per heavy atom. The predicted molar refractivity (Wildman–Crippen MR) is 94.1 cm³/mol. The smallest absolute Gasteiger partial charge is 0.246 e. The molecule has 26 heavy (non-hydrogen) atoms. The predicted octanol–water partition coefficient (Wildman–Crippen LogP) is 1.45. The molecule has 2 fully saturated rings. The summed E-state index contributed by atoms with van der Waals surface area (Å²) in [5.41, 5.74) is -0.297. The summed E-state index contributed by atoms with van der Waals surface area (Å²) in [5.74, 6) is 0.201. The van der Waals surface area contributed by atoms with Gasteiger partial charge in [-0.2, -0.15) is 5.10 Å². The van der Waals surface area contributed by atoms with Gasteiger partial charge in [0, 0.05) is 19.5 Å². The van der Waals surface area contributed by atoms with E-state index in [0.29, 0.717) is 38.2 Å². The van der Waals surface area contributed by atoms with Crippen LogP contribution in [0.4, 0.5) is 4.39 Å². The van der Waals surface area contributed by atoms with Crippen LogP contribution in [0.1, 0.15) is 31.5 Å². The number of nitrogens with one attached hydrogen (secondary N) is 1. The van der Waals surface area contributed by atoms with Crippen molar-refractivity contribution in [2.24, 2.45) is 5.92 Å². The molecule has 4 rings (SSSR count). The molecular formula is C17H21FN4O3S. The molecule has 0 atom stereocenters. The Hall–Kier alpha value is -2.00. The van der Waals surface area contributed by atoms with Gasteiger partial charge < -0.3 is 0 Å². The summed E-state index contributed by atoms with van der Waals surface area (Å²) in [4.78, 5) is 12.1. The van der Waals surface area contributed by atoms with Crippen molar-refractivity contribution in [3.8, 4) is 5.69 Å². The summed E-state index contributed by atoms with van der Waals surface area (Å²) in [6.45, 7) is 0.996. The second kappa shape index (κ2) is 6.62. The number of sulfonamides is 1. The Morgan fingerprint density at radius 2 is 1.85 bits per heavy atom. The molecule has 7 nitrogen and oxygen atoms in total. The summed E-state index contributed by atoms with van der Waals surface area (Å²) in [6, 6.07) is 6.09. The fourth-order valence-corrected chi connectivity index (χ4v) is 5.42. The molecule has 1 aliphatic carbocycles. The number of halogens is 1. The minimum absolute atomic E-state index is 0.176. The molecule has 0 bridgehead atoms. The Morgan fingerprint density at radius 1 is 1.15 bits per heavy atom. The molecule has 2 aliphatic rings. The first-order chi connectivity index (χ1) is 12.5. The quantitative estimate of drug-likeness (QED) is 0.850. The number of benzene rings is 1. The van der Waals surface area contributed by atoms with E-state index in [4.69, 9.17) is 0 Å². The minimum atomic E-state index is -3.13. The van der Waals surface area contributed by atoms with Crippen molar-refractivity contribution in [1.82, 2.24) is 19.1 Å². The maximum Gasteiger partial charge on any atom is 0.348 e.